The molecule has 7 rings (SSSR count). The second kappa shape index (κ2) is 23.6. The topological polar surface area (TPSA) is 306 Å². The van der Waals surface area contributed by atoms with Gasteiger partial charge in [-0.3, -0.25) is 33.6 Å². The summed E-state index contributed by atoms with van der Waals surface area (Å²) in [4.78, 5) is 112. The number of carbonyl (C=O) groups excluding carboxylic acids is 7. The summed E-state index contributed by atoms with van der Waals surface area (Å²) in [5.74, 6) is -13.4. The summed E-state index contributed by atoms with van der Waals surface area (Å²) >= 11 is 0.683. The molecule has 5 bridgehead atoms. The molecule has 11 atom stereocenters. The van der Waals surface area contributed by atoms with Crippen LogP contribution in [0.1, 0.15) is 104 Å². The molecule has 1 aliphatic carbocycles. The predicted octanol–water partition coefficient (Wildman–Crippen LogP) is 4.88. The number of Topliss-reactive ketones (excluding diaryl/α,β-unsaturated/α-hetero) is 3. The summed E-state index contributed by atoms with van der Waals surface area (Å²) in [6, 6.07) is 4.70. The molecule has 21 heteroatoms. The number of aliphatic hydroxyl groups excluding tert-OH is 2. The van der Waals surface area contributed by atoms with Gasteiger partial charge in [0.1, 0.15) is 35.4 Å². The van der Waals surface area contributed by atoms with Crippen molar-refractivity contribution >= 4 is 69.7 Å². The first-order chi connectivity index (χ1) is 35.3. The number of fused-ring (bicyclic) bond motifs is 15. The van der Waals surface area contributed by atoms with Crippen molar-refractivity contribution in [1.82, 2.24) is 20.9 Å². The number of methoxy groups -OCH3 is 1. The molecule has 402 valence electrons. The first-order valence-corrected chi connectivity index (χ1v) is 25.4. The molecule has 9 unspecified atom stereocenters. The van der Waals surface area contributed by atoms with Crippen LogP contribution in [0.5, 0.6) is 11.5 Å². The number of amides is 3. The summed E-state index contributed by atoms with van der Waals surface area (Å²) in [6.45, 7) is 13.3. The molecule has 8 N–H and O–H groups in total. The highest BCUT2D eigenvalue weighted by atomic mass is 32.2. The van der Waals surface area contributed by atoms with Crippen LogP contribution in [-0.2, 0) is 44.6 Å². The number of aromatic amines is 1. The SMILES string of the molecule is COC1/C=C/OC2(C)Oc3c(C)c(O)c4c(c3C2=O)C(=O)C(SCCC(=O)N[C@@H](C)C(=O)N[C@@H](Cc2c[nH]c3ccccc23)C(=O)O)=C(NC(=O)/C(C)=C\C=C\C(C)C(O)C(C)C(O)C(C)C(OC(C)=O)C1C)C4=O. The number of aliphatic hydroxyl groups is 2. The average molecular weight is 1060 g/mol. The van der Waals surface area contributed by atoms with Crippen molar-refractivity contribution in [2.24, 2.45) is 23.7 Å². The number of carboxylic acids is 1. The summed E-state index contributed by atoms with van der Waals surface area (Å²) in [6.07, 6.45) is 4.06. The molecule has 4 heterocycles. The van der Waals surface area contributed by atoms with E-state index < -0.39 is 146 Å². The molecule has 4 aliphatic rings. The van der Waals surface area contributed by atoms with Gasteiger partial charge in [-0.05, 0) is 38.5 Å². The monoisotopic (exact) mass is 1060 g/mol. The first kappa shape index (κ1) is 57.2. The Morgan fingerprint density at radius 3 is 2.28 bits per heavy atom. The highest BCUT2D eigenvalue weighted by Gasteiger charge is 2.53. The number of ether oxygens (including phenoxy) is 4. The molecule has 0 saturated heterocycles. The van der Waals surface area contributed by atoms with Crippen LogP contribution < -0.4 is 20.7 Å². The second-order valence-electron chi connectivity index (χ2n) is 19.3. The van der Waals surface area contributed by atoms with E-state index in [2.05, 4.69) is 20.9 Å². The Morgan fingerprint density at radius 2 is 1.61 bits per heavy atom. The van der Waals surface area contributed by atoms with Crippen LogP contribution in [0, 0.1) is 30.6 Å². The summed E-state index contributed by atoms with van der Waals surface area (Å²) in [5, 5.41) is 52.9. The van der Waals surface area contributed by atoms with E-state index in [1.54, 1.807) is 46.0 Å². The van der Waals surface area contributed by atoms with Crippen LogP contribution >= 0.6 is 11.8 Å². The Morgan fingerprint density at radius 1 is 0.920 bits per heavy atom. The lowest BCUT2D eigenvalue weighted by atomic mass is 9.78. The first-order valence-electron chi connectivity index (χ1n) is 24.4. The van der Waals surface area contributed by atoms with Crippen molar-refractivity contribution in [2.45, 2.75) is 117 Å². The van der Waals surface area contributed by atoms with Crippen molar-refractivity contribution in [2.75, 3.05) is 12.9 Å². The number of carbonyl (C=O) groups is 8. The molecule has 0 radical (unpaired) electrons. The Balaban J connectivity index is 1.31. The van der Waals surface area contributed by atoms with Gasteiger partial charge in [0.2, 0.25) is 23.4 Å². The molecule has 0 saturated carbocycles. The summed E-state index contributed by atoms with van der Waals surface area (Å²) in [7, 11) is 1.39. The van der Waals surface area contributed by atoms with Gasteiger partial charge in [-0.2, -0.15) is 0 Å². The Hall–Kier alpha value is -7.07. The maximum Gasteiger partial charge on any atom is 0.326 e. The maximum absolute atomic E-state index is 14.9. The van der Waals surface area contributed by atoms with Crippen LogP contribution in [0.2, 0.25) is 0 Å². The zero-order chi connectivity index (χ0) is 55.4. The van der Waals surface area contributed by atoms with Crippen LogP contribution in [0.4, 0.5) is 0 Å². The quantitative estimate of drug-likeness (QED) is 0.112. The molecule has 3 aromatic rings. The third-order valence-electron chi connectivity index (χ3n) is 14.0. The minimum absolute atomic E-state index is 0.0232. The van der Waals surface area contributed by atoms with E-state index in [4.69, 9.17) is 18.9 Å². The number of nitrogens with one attached hydrogen (secondary N) is 4. The molecule has 20 nitrogen and oxygen atoms in total. The maximum atomic E-state index is 14.9. The Labute approximate surface area is 437 Å². The number of thioether (sulfide) groups is 1. The number of carboxylic acid groups (broad SMARTS) is 1. The van der Waals surface area contributed by atoms with Crippen molar-refractivity contribution in [3.63, 3.8) is 0 Å². The van der Waals surface area contributed by atoms with E-state index >= 15 is 0 Å². The highest BCUT2D eigenvalue weighted by molar-refractivity contribution is 8.04. The van der Waals surface area contributed by atoms with Gasteiger partial charge in [0.05, 0.1) is 46.2 Å². The van der Waals surface area contributed by atoms with Gasteiger partial charge in [0, 0.05) is 91.5 Å². The van der Waals surface area contributed by atoms with Crippen LogP contribution in [-0.4, -0.2) is 128 Å². The molecular formula is C54H64N4O16S. The lowest BCUT2D eigenvalue weighted by molar-refractivity contribution is -0.160. The number of esters is 1. The number of ketones is 3. The van der Waals surface area contributed by atoms with E-state index in [0.29, 0.717) is 17.3 Å². The Bertz CT molecular complexity index is 2920. The molecule has 0 fully saturated rings. The van der Waals surface area contributed by atoms with E-state index in [9.17, 15) is 58.8 Å². The number of aliphatic carboxylic acids is 1. The van der Waals surface area contributed by atoms with E-state index in [-0.39, 0.29) is 35.5 Å². The van der Waals surface area contributed by atoms with Crippen molar-refractivity contribution in [3.8, 4) is 11.5 Å². The van der Waals surface area contributed by atoms with E-state index in [1.165, 1.54) is 60.0 Å². The van der Waals surface area contributed by atoms with Crippen molar-refractivity contribution in [1.29, 1.82) is 0 Å². The van der Waals surface area contributed by atoms with Crippen LogP contribution in [0.3, 0.4) is 0 Å². The van der Waals surface area contributed by atoms with Crippen LogP contribution in [0.15, 0.2) is 77.2 Å². The smallest absolute Gasteiger partial charge is 0.326 e. The van der Waals surface area contributed by atoms with Crippen molar-refractivity contribution in [3.05, 3.63) is 105 Å². The number of aromatic nitrogens is 1. The number of phenolic OH excluding ortho intramolecular Hbond substituents is 1. The zero-order valence-corrected chi connectivity index (χ0v) is 44.1. The number of allylic oxidation sites excluding steroid dienone is 4. The number of phenols is 1. The summed E-state index contributed by atoms with van der Waals surface area (Å²) < 4.78 is 23.5. The zero-order valence-electron chi connectivity index (χ0n) is 43.3. The Kier molecular flexibility index (Phi) is 18.0. The number of rotatable bonds is 12. The number of hydrogen-bond donors (Lipinski definition) is 8. The molecule has 1 aromatic heterocycles. The van der Waals surface area contributed by atoms with Gasteiger partial charge in [-0.1, -0.05) is 64.1 Å². The molecule has 75 heavy (non-hydrogen) atoms. The van der Waals surface area contributed by atoms with Gasteiger partial charge in [-0.25, -0.2) is 4.79 Å². The van der Waals surface area contributed by atoms with E-state index in [0.717, 1.165) is 17.2 Å². The van der Waals surface area contributed by atoms with E-state index in [1.807, 2.05) is 18.2 Å². The molecular weight excluding hydrogens is 993 g/mol. The minimum atomic E-state index is -2.20. The highest BCUT2D eigenvalue weighted by Crippen LogP contribution is 2.49. The largest absolute Gasteiger partial charge is 0.507 e. The predicted molar refractivity (Wildman–Crippen MR) is 274 cm³/mol. The van der Waals surface area contributed by atoms with Gasteiger partial charge < -0.3 is 60.3 Å². The van der Waals surface area contributed by atoms with Gasteiger partial charge in [0.25, 0.3) is 11.7 Å². The normalized spacial score (nSPS) is 27.8. The fourth-order valence-corrected chi connectivity index (χ4v) is 10.5. The summed E-state index contributed by atoms with van der Waals surface area (Å²) in [5.41, 5.74) is -0.727. The number of H-pyrrole nitrogens is 1. The van der Waals surface area contributed by atoms with Gasteiger partial charge in [-0.15, -0.1) is 11.8 Å². The lowest BCUT2D eigenvalue weighted by Crippen LogP contribution is -2.51. The third kappa shape index (κ3) is 12.1. The number of hydrogen-bond acceptors (Lipinski definition) is 16. The standard InChI is InChI=1S/C54H64N4O16S/c1-24-14-13-15-25(2)51(67)58-41-45(64)39-38(46(65)49(41)75-21-19-37(60)56-30(7)52(68)57-35(53(69)70)22-32-23-55-34-17-12-11-16-33(32)34)40-48(29(6)44(39)63)74-54(9,50(40)66)72-20-18-36(71-10)26(3)47(73-31(8)59)28(5)43(62)27(4)42(24)61/h11-18,20,23-24,26-28,30,35-36,42-43,47,55,61-63H,19,21-22H2,1-10H3,(H,56,60)(H,57,68)(H,58,67)(H,69,70)/b14-13+,20-18+,25-15-/t24?,26?,27?,28?,30-,35-,36?,42?,43?,47?,54?/m0/s1. The molecule has 0 spiro atoms. The van der Waals surface area contributed by atoms with Gasteiger partial charge >= 0.3 is 17.7 Å². The fraction of sp³-hybridized carbons (Fsp3) is 0.444. The third-order valence-corrected chi connectivity index (χ3v) is 15.1. The molecule has 3 aliphatic heterocycles. The minimum Gasteiger partial charge on any atom is -0.507 e. The fourth-order valence-electron chi connectivity index (χ4n) is 9.44. The van der Waals surface area contributed by atoms with Crippen LogP contribution in [0.25, 0.3) is 10.9 Å². The number of benzene rings is 2. The molecule has 2 aromatic carbocycles. The van der Waals surface area contributed by atoms with Crippen molar-refractivity contribution < 1.29 is 77.7 Å². The molecule has 3 amide bonds. The van der Waals surface area contributed by atoms with Gasteiger partial charge in [0.15, 0.2) is 0 Å². The lowest BCUT2D eigenvalue weighted by Gasteiger charge is -2.38. The number of para-hydroxylation sites is 1. The number of aromatic hydroxyl groups is 1. The second-order valence-corrected chi connectivity index (χ2v) is 20.4. The average Bonchev–Trinajstić information content (AvgIpc) is 3.90.